The van der Waals surface area contributed by atoms with Gasteiger partial charge in [-0.05, 0) is 6.92 Å². The summed E-state index contributed by atoms with van der Waals surface area (Å²) in [5, 5.41) is 5.26. The van der Waals surface area contributed by atoms with E-state index in [1.807, 2.05) is 6.92 Å². The molecule has 70 valence electrons. The molecule has 0 aromatic carbocycles. The molecule has 0 aliphatic rings. The molecule has 0 radical (unpaired) electrons. The zero-order chi connectivity index (χ0) is 9.82. The molecular weight excluding hydrogens is 160 g/mol. The minimum atomic E-state index is 0.0926. The molecule has 1 N–H and O–H groups in total. The first-order valence-corrected chi connectivity index (χ1v) is 3.62. The second-order valence-electron chi connectivity index (χ2n) is 1.63. The van der Waals surface area contributed by atoms with Crippen LogP contribution in [0.4, 0.5) is 0 Å². The highest BCUT2D eigenvalue weighted by Gasteiger charge is 1.84. The fraction of sp³-hybridized carbons (Fsp3) is 0.714. The maximum Gasteiger partial charge on any atom is 0.276 e. The van der Waals surface area contributed by atoms with Crippen LogP contribution in [0, 0.1) is 0 Å². The number of nitrogens with one attached hydrogen (secondary N) is 1. The molecule has 0 fully saturated rings. The molecule has 0 aliphatic carbocycles. The number of rotatable bonds is 3. The van der Waals surface area contributed by atoms with Crippen LogP contribution in [0.15, 0.2) is 5.16 Å². The van der Waals surface area contributed by atoms with Crippen molar-refractivity contribution < 1.29 is 14.4 Å². The van der Waals surface area contributed by atoms with Gasteiger partial charge in [-0.1, -0.05) is 6.92 Å². The fourth-order valence-electron chi connectivity index (χ4n) is 0.268. The number of amides is 1. The van der Waals surface area contributed by atoms with Crippen molar-refractivity contribution in [2.75, 3.05) is 13.7 Å². The van der Waals surface area contributed by atoms with E-state index < -0.39 is 0 Å². The Morgan fingerprint density at radius 3 is 2.25 bits per heavy atom. The van der Waals surface area contributed by atoms with Gasteiger partial charge in [-0.25, -0.2) is 4.79 Å². The zero-order valence-electron chi connectivity index (χ0n) is 7.59. The Kier molecular flexibility index (Phi) is 13.6. The Bertz CT molecular complexity index is 147. The van der Waals surface area contributed by atoms with Crippen molar-refractivity contribution >= 4 is 12.0 Å². The molecule has 0 unspecified atom stereocenters. The normalized spacial score (nSPS) is 6.92. The Hall–Kier alpha value is -1.35. The van der Waals surface area contributed by atoms with Crippen molar-refractivity contribution in [1.82, 2.24) is 5.32 Å². The molecule has 0 aliphatic heterocycles. The van der Waals surface area contributed by atoms with Gasteiger partial charge in [0.2, 0.25) is 5.91 Å². The standard InChI is InChI=1S/C4H9NO.C3H5NO2/c1-3-4(6)5-2;1-2-6-4-3-5/h3H2,1-2H3,(H,5,6);2H2,1H3. The summed E-state index contributed by atoms with van der Waals surface area (Å²) in [6, 6.07) is 0. The molecule has 0 atom stereocenters. The summed E-state index contributed by atoms with van der Waals surface area (Å²) in [4.78, 5) is 23.4. The number of isocyanates is 1. The van der Waals surface area contributed by atoms with Gasteiger partial charge in [-0.2, -0.15) is 0 Å². The smallest absolute Gasteiger partial charge is 0.276 e. The molecule has 5 heteroatoms. The summed E-state index contributed by atoms with van der Waals surface area (Å²) < 4.78 is 0. The average Bonchev–Trinajstić information content (AvgIpc) is 2.14. The highest BCUT2D eigenvalue weighted by Crippen LogP contribution is 1.68. The third-order valence-electron chi connectivity index (χ3n) is 0.831. The van der Waals surface area contributed by atoms with Gasteiger partial charge in [0, 0.05) is 18.6 Å². The van der Waals surface area contributed by atoms with Gasteiger partial charge >= 0.3 is 0 Å². The lowest BCUT2D eigenvalue weighted by Crippen LogP contribution is -2.15. The number of carbonyl (C=O) groups is 1. The Balaban J connectivity index is 0. The van der Waals surface area contributed by atoms with Crippen LogP contribution in [-0.2, 0) is 14.4 Å². The van der Waals surface area contributed by atoms with Crippen LogP contribution in [0.5, 0.6) is 0 Å². The van der Waals surface area contributed by atoms with Gasteiger partial charge in [0.15, 0.2) is 0 Å². The summed E-state index contributed by atoms with van der Waals surface area (Å²) in [7, 11) is 1.63. The van der Waals surface area contributed by atoms with E-state index >= 15 is 0 Å². The monoisotopic (exact) mass is 174 g/mol. The molecule has 0 aromatic heterocycles. The molecule has 0 rings (SSSR count). The lowest BCUT2D eigenvalue weighted by molar-refractivity contribution is -0.120. The van der Waals surface area contributed by atoms with Gasteiger partial charge in [-0.3, -0.25) is 4.79 Å². The molecule has 0 aromatic rings. The molecule has 12 heavy (non-hydrogen) atoms. The van der Waals surface area contributed by atoms with E-state index in [9.17, 15) is 4.79 Å². The van der Waals surface area contributed by atoms with Gasteiger partial charge in [0.05, 0.1) is 0 Å². The number of carbonyl (C=O) groups excluding carboxylic acids is 2. The number of nitrogens with zero attached hydrogens (tertiary/aromatic N) is 1. The lowest BCUT2D eigenvalue weighted by Gasteiger charge is -1.87. The van der Waals surface area contributed by atoms with Gasteiger partial charge in [-0.15, -0.1) is 0 Å². The Morgan fingerprint density at radius 2 is 2.17 bits per heavy atom. The summed E-state index contributed by atoms with van der Waals surface area (Å²) in [5.41, 5.74) is 0. The number of hydrogen-bond donors (Lipinski definition) is 1. The Morgan fingerprint density at radius 1 is 1.58 bits per heavy atom. The highest BCUT2D eigenvalue weighted by atomic mass is 16.6. The highest BCUT2D eigenvalue weighted by molar-refractivity contribution is 5.74. The quantitative estimate of drug-likeness (QED) is 0.383. The van der Waals surface area contributed by atoms with E-state index in [-0.39, 0.29) is 5.91 Å². The molecule has 0 heterocycles. The van der Waals surface area contributed by atoms with Gasteiger partial charge in [0.1, 0.15) is 6.61 Å². The first kappa shape index (κ1) is 13.3. The van der Waals surface area contributed by atoms with Crippen molar-refractivity contribution in [3.63, 3.8) is 0 Å². The molecule has 0 saturated heterocycles. The van der Waals surface area contributed by atoms with E-state index in [0.29, 0.717) is 13.0 Å². The van der Waals surface area contributed by atoms with Crippen LogP contribution in [0.1, 0.15) is 20.3 Å². The van der Waals surface area contributed by atoms with E-state index in [0.717, 1.165) is 0 Å². The van der Waals surface area contributed by atoms with Crippen molar-refractivity contribution in [2.24, 2.45) is 5.16 Å². The summed E-state index contributed by atoms with van der Waals surface area (Å²) in [5.74, 6) is 0.0926. The summed E-state index contributed by atoms with van der Waals surface area (Å²) in [6.07, 6.45) is 1.80. The number of hydrogen-bond acceptors (Lipinski definition) is 4. The SMILES string of the molecule is CCC(=O)NC.CCON=C=O. The van der Waals surface area contributed by atoms with Crippen molar-refractivity contribution in [2.45, 2.75) is 20.3 Å². The topological polar surface area (TPSA) is 67.8 Å². The molecule has 0 spiro atoms. The summed E-state index contributed by atoms with van der Waals surface area (Å²) >= 11 is 0. The maximum absolute atomic E-state index is 10.1. The van der Waals surface area contributed by atoms with Crippen LogP contribution in [0.25, 0.3) is 0 Å². The van der Waals surface area contributed by atoms with Crippen LogP contribution in [0.2, 0.25) is 0 Å². The maximum atomic E-state index is 10.1. The molecule has 5 nitrogen and oxygen atoms in total. The van der Waals surface area contributed by atoms with Crippen LogP contribution < -0.4 is 5.32 Å². The van der Waals surface area contributed by atoms with E-state index in [1.165, 1.54) is 6.08 Å². The van der Waals surface area contributed by atoms with E-state index in [4.69, 9.17) is 4.79 Å². The molecule has 0 saturated carbocycles. The van der Waals surface area contributed by atoms with Crippen molar-refractivity contribution in [3.8, 4) is 0 Å². The minimum Gasteiger partial charge on any atom is -0.386 e. The third-order valence-corrected chi connectivity index (χ3v) is 0.831. The fourth-order valence-corrected chi connectivity index (χ4v) is 0.268. The molecular formula is C7H14N2O3. The average molecular weight is 174 g/mol. The predicted molar refractivity (Wildman–Crippen MR) is 44.1 cm³/mol. The predicted octanol–water partition coefficient (Wildman–Crippen LogP) is 0.416. The summed E-state index contributed by atoms with van der Waals surface area (Å²) in [6.45, 7) is 3.98. The van der Waals surface area contributed by atoms with E-state index in [1.54, 1.807) is 14.0 Å². The van der Waals surface area contributed by atoms with E-state index in [2.05, 4.69) is 15.3 Å². The molecule has 0 bridgehead atoms. The van der Waals surface area contributed by atoms with Crippen LogP contribution in [0.3, 0.4) is 0 Å². The third kappa shape index (κ3) is 15.9. The molecule has 1 amide bonds. The first-order valence-electron chi connectivity index (χ1n) is 3.62. The Labute approximate surface area is 71.8 Å². The van der Waals surface area contributed by atoms with Crippen LogP contribution in [-0.4, -0.2) is 25.6 Å². The largest absolute Gasteiger partial charge is 0.386 e. The van der Waals surface area contributed by atoms with Gasteiger partial charge < -0.3 is 10.2 Å². The van der Waals surface area contributed by atoms with Crippen LogP contribution >= 0.6 is 0 Å². The second kappa shape index (κ2) is 12.3. The van der Waals surface area contributed by atoms with Gasteiger partial charge in [0.25, 0.3) is 6.08 Å². The van der Waals surface area contributed by atoms with Crippen molar-refractivity contribution in [1.29, 1.82) is 0 Å². The second-order valence-corrected chi connectivity index (χ2v) is 1.63. The minimum absolute atomic E-state index is 0.0926. The lowest BCUT2D eigenvalue weighted by atomic mass is 10.5. The van der Waals surface area contributed by atoms with Crippen molar-refractivity contribution in [3.05, 3.63) is 0 Å². The zero-order valence-corrected chi connectivity index (χ0v) is 7.59. The first-order chi connectivity index (χ1) is 5.72.